The molecule has 0 unspecified atom stereocenters. The molecule has 0 spiro atoms. The van der Waals surface area contributed by atoms with E-state index in [-0.39, 0.29) is 5.56 Å². The van der Waals surface area contributed by atoms with Crippen molar-refractivity contribution in [3.05, 3.63) is 22.6 Å². The zero-order chi connectivity index (χ0) is 13.7. The van der Waals surface area contributed by atoms with Crippen LogP contribution < -0.4 is 10.9 Å². The maximum Gasteiger partial charge on any atom is 0.268 e. The lowest BCUT2D eigenvalue weighted by atomic mass is 9.93. The summed E-state index contributed by atoms with van der Waals surface area (Å²) in [6.45, 7) is 7.80. The molecule has 1 aliphatic carbocycles. The second-order valence-electron chi connectivity index (χ2n) is 5.10. The quantitative estimate of drug-likeness (QED) is 0.812. The van der Waals surface area contributed by atoms with E-state index >= 15 is 0 Å². The van der Waals surface area contributed by atoms with E-state index in [0.29, 0.717) is 12.6 Å². The lowest BCUT2D eigenvalue weighted by molar-refractivity contribution is 0.282. The summed E-state index contributed by atoms with van der Waals surface area (Å²) >= 11 is 0. The fourth-order valence-electron chi connectivity index (χ4n) is 2.24. The molecule has 0 bridgehead atoms. The van der Waals surface area contributed by atoms with Gasteiger partial charge in [-0.1, -0.05) is 13.8 Å². The van der Waals surface area contributed by atoms with Gasteiger partial charge in [0.25, 0.3) is 5.56 Å². The number of nitrogens with one attached hydrogen (secondary N) is 1. The molecule has 1 saturated carbocycles. The third-order valence-corrected chi connectivity index (χ3v) is 3.87. The SMILES string of the molecule is CCN(CC)CCn1ncc(NC2CCC2)cc1=O. The monoisotopic (exact) mass is 264 g/mol. The molecule has 1 N–H and O–H groups in total. The molecule has 0 amide bonds. The van der Waals surface area contributed by atoms with Crippen molar-refractivity contribution in [1.29, 1.82) is 0 Å². The highest BCUT2D eigenvalue weighted by Gasteiger charge is 2.17. The first-order valence-electron chi connectivity index (χ1n) is 7.29. The molecular formula is C14H24N4O. The molecule has 0 radical (unpaired) electrons. The third kappa shape index (κ3) is 3.80. The van der Waals surface area contributed by atoms with Crippen molar-refractivity contribution in [3.8, 4) is 0 Å². The van der Waals surface area contributed by atoms with E-state index in [0.717, 1.165) is 25.3 Å². The smallest absolute Gasteiger partial charge is 0.268 e. The van der Waals surface area contributed by atoms with Gasteiger partial charge >= 0.3 is 0 Å². The molecule has 0 aliphatic heterocycles. The van der Waals surface area contributed by atoms with Crippen LogP contribution in [0.1, 0.15) is 33.1 Å². The summed E-state index contributed by atoms with van der Waals surface area (Å²) in [5, 5.41) is 7.59. The number of rotatable bonds is 7. The van der Waals surface area contributed by atoms with E-state index in [4.69, 9.17) is 0 Å². The fraction of sp³-hybridized carbons (Fsp3) is 0.714. The average molecular weight is 264 g/mol. The first kappa shape index (κ1) is 14.1. The Morgan fingerprint density at radius 3 is 2.68 bits per heavy atom. The van der Waals surface area contributed by atoms with Gasteiger partial charge in [-0.3, -0.25) is 4.79 Å². The Morgan fingerprint density at radius 1 is 1.42 bits per heavy atom. The molecule has 0 atom stereocenters. The summed E-state index contributed by atoms with van der Waals surface area (Å²) in [5.74, 6) is 0. The maximum atomic E-state index is 12.0. The first-order valence-corrected chi connectivity index (χ1v) is 7.29. The molecule has 1 fully saturated rings. The normalized spacial score (nSPS) is 15.5. The number of anilines is 1. The van der Waals surface area contributed by atoms with Crippen molar-refractivity contribution in [1.82, 2.24) is 14.7 Å². The van der Waals surface area contributed by atoms with Gasteiger partial charge in [0.1, 0.15) is 0 Å². The Morgan fingerprint density at radius 2 is 2.16 bits per heavy atom. The topological polar surface area (TPSA) is 50.2 Å². The average Bonchev–Trinajstić information content (AvgIpc) is 2.37. The molecule has 1 aliphatic rings. The molecule has 106 valence electrons. The van der Waals surface area contributed by atoms with Crippen LogP contribution in [0.25, 0.3) is 0 Å². The lowest BCUT2D eigenvalue weighted by Gasteiger charge is -2.27. The summed E-state index contributed by atoms with van der Waals surface area (Å²) in [5.41, 5.74) is 0.838. The van der Waals surface area contributed by atoms with Gasteiger partial charge in [-0.15, -0.1) is 0 Å². The minimum Gasteiger partial charge on any atom is -0.381 e. The van der Waals surface area contributed by atoms with Gasteiger partial charge in [0.05, 0.1) is 18.4 Å². The predicted molar refractivity (Wildman–Crippen MR) is 77.5 cm³/mol. The Hall–Kier alpha value is -1.36. The van der Waals surface area contributed by atoms with E-state index in [1.807, 2.05) is 0 Å². The van der Waals surface area contributed by atoms with Crippen LogP contribution in [0.15, 0.2) is 17.1 Å². The van der Waals surface area contributed by atoms with Crippen molar-refractivity contribution >= 4 is 5.69 Å². The fourth-order valence-corrected chi connectivity index (χ4v) is 2.24. The third-order valence-electron chi connectivity index (χ3n) is 3.87. The van der Waals surface area contributed by atoms with E-state index in [9.17, 15) is 4.79 Å². The molecule has 5 heteroatoms. The van der Waals surface area contributed by atoms with Crippen molar-refractivity contribution in [2.45, 2.75) is 45.7 Å². The second kappa shape index (κ2) is 6.70. The van der Waals surface area contributed by atoms with Gasteiger partial charge in [0.2, 0.25) is 0 Å². The van der Waals surface area contributed by atoms with E-state index in [1.165, 1.54) is 19.3 Å². The van der Waals surface area contributed by atoms with Crippen LogP contribution in [-0.2, 0) is 6.54 Å². The largest absolute Gasteiger partial charge is 0.381 e. The number of likely N-dealkylation sites (N-methyl/N-ethyl adjacent to an activating group) is 1. The van der Waals surface area contributed by atoms with E-state index in [1.54, 1.807) is 16.9 Å². The standard InChI is InChI=1S/C14H24N4O/c1-3-17(4-2)8-9-18-14(19)10-13(11-15-18)16-12-6-5-7-12/h10-12,16H,3-9H2,1-2H3. The number of hydrogen-bond acceptors (Lipinski definition) is 4. The lowest BCUT2D eigenvalue weighted by Crippen LogP contribution is -2.33. The van der Waals surface area contributed by atoms with Crippen LogP contribution >= 0.6 is 0 Å². The van der Waals surface area contributed by atoms with Crippen molar-refractivity contribution in [3.63, 3.8) is 0 Å². The summed E-state index contributed by atoms with van der Waals surface area (Å²) in [6.07, 6.45) is 5.45. The van der Waals surface area contributed by atoms with Gasteiger partial charge in [-0.25, -0.2) is 4.68 Å². The van der Waals surface area contributed by atoms with Gasteiger partial charge in [-0.2, -0.15) is 5.10 Å². The highest BCUT2D eigenvalue weighted by atomic mass is 16.1. The van der Waals surface area contributed by atoms with Crippen molar-refractivity contribution < 1.29 is 0 Å². The van der Waals surface area contributed by atoms with Crippen LogP contribution in [0.3, 0.4) is 0 Å². The Kier molecular flexibility index (Phi) is 4.96. The minimum absolute atomic E-state index is 0.0171. The molecule has 19 heavy (non-hydrogen) atoms. The summed E-state index contributed by atoms with van der Waals surface area (Å²) < 4.78 is 1.55. The molecule has 0 saturated heterocycles. The molecular weight excluding hydrogens is 240 g/mol. The van der Waals surface area contributed by atoms with Gasteiger partial charge in [0.15, 0.2) is 0 Å². The molecule has 1 heterocycles. The van der Waals surface area contributed by atoms with Crippen molar-refractivity contribution in [2.24, 2.45) is 0 Å². The van der Waals surface area contributed by atoms with Crippen LogP contribution in [0, 0.1) is 0 Å². The molecule has 2 rings (SSSR count). The number of hydrogen-bond donors (Lipinski definition) is 1. The van der Waals surface area contributed by atoms with Crippen LogP contribution in [0.5, 0.6) is 0 Å². The van der Waals surface area contributed by atoms with Gasteiger partial charge in [0, 0.05) is 18.7 Å². The Labute approximate surface area is 114 Å². The van der Waals surface area contributed by atoms with Crippen molar-refractivity contribution in [2.75, 3.05) is 25.0 Å². The number of aromatic nitrogens is 2. The van der Waals surface area contributed by atoms with Gasteiger partial charge in [-0.05, 0) is 32.4 Å². The van der Waals surface area contributed by atoms with E-state index in [2.05, 4.69) is 29.2 Å². The zero-order valence-electron chi connectivity index (χ0n) is 11.9. The van der Waals surface area contributed by atoms with E-state index < -0.39 is 0 Å². The summed E-state index contributed by atoms with van der Waals surface area (Å²) in [4.78, 5) is 14.2. The highest BCUT2D eigenvalue weighted by Crippen LogP contribution is 2.21. The Bertz CT molecular complexity index is 449. The van der Waals surface area contributed by atoms with Crippen LogP contribution in [0.2, 0.25) is 0 Å². The summed E-state index contributed by atoms with van der Waals surface area (Å²) in [7, 11) is 0. The van der Waals surface area contributed by atoms with Crippen LogP contribution in [0.4, 0.5) is 5.69 Å². The zero-order valence-corrected chi connectivity index (χ0v) is 11.9. The highest BCUT2D eigenvalue weighted by molar-refractivity contribution is 5.40. The first-order chi connectivity index (χ1) is 9.22. The maximum absolute atomic E-state index is 12.0. The summed E-state index contributed by atoms with van der Waals surface area (Å²) in [6, 6.07) is 2.20. The predicted octanol–water partition coefficient (Wildman–Crippen LogP) is 1.55. The number of nitrogens with zero attached hydrogens (tertiary/aromatic N) is 3. The van der Waals surface area contributed by atoms with Gasteiger partial charge < -0.3 is 10.2 Å². The molecule has 5 nitrogen and oxygen atoms in total. The van der Waals surface area contributed by atoms with Crippen LogP contribution in [-0.4, -0.2) is 40.4 Å². The molecule has 1 aromatic heterocycles. The minimum atomic E-state index is -0.0171. The molecule has 1 aromatic rings. The second-order valence-corrected chi connectivity index (χ2v) is 5.10. The Balaban J connectivity index is 1.92. The molecule has 0 aromatic carbocycles.